The maximum atomic E-state index is 11.7. The van der Waals surface area contributed by atoms with E-state index in [1.54, 1.807) is 0 Å². The number of carbonyl (C=O) groups excluding carboxylic acids is 1. The number of rotatable bonds is 3. The summed E-state index contributed by atoms with van der Waals surface area (Å²) in [4.78, 5) is 13.8. The van der Waals surface area contributed by atoms with E-state index in [9.17, 15) is 4.79 Å². The predicted octanol–water partition coefficient (Wildman–Crippen LogP) is 1.48. The Morgan fingerprint density at radius 2 is 2.00 bits per heavy atom. The number of benzene rings is 1. The Morgan fingerprint density at radius 3 is 2.57 bits per heavy atom. The molecule has 1 saturated heterocycles. The minimum Gasteiger partial charge on any atom is -0.294 e. The van der Waals surface area contributed by atoms with Crippen molar-refractivity contribution in [2.24, 2.45) is 0 Å². The molecule has 1 heterocycles. The number of hydrogen-bond donors (Lipinski definition) is 1. The summed E-state index contributed by atoms with van der Waals surface area (Å²) in [5, 5.41) is 0.457. The molecular formula is C11H13NOS. The summed E-state index contributed by atoms with van der Waals surface area (Å²) in [7, 11) is 0. The van der Waals surface area contributed by atoms with Crippen molar-refractivity contribution in [3.8, 4) is 0 Å². The number of ketones is 1. The molecule has 0 amide bonds. The first kappa shape index (κ1) is 9.74. The molecule has 0 aromatic heterocycles. The van der Waals surface area contributed by atoms with Gasteiger partial charge in [0.25, 0.3) is 0 Å². The molecule has 0 atom stereocenters. The zero-order chi connectivity index (χ0) is 9.97. The van der Waals surface area contributed by atoms with Crippen molar-refractivity contribution in [3.05, 3.63) is 35.9 Å². The van der Waals surface area contributed by atoms with E-state index in [1.165, 1.54) is 0 Å². The fourth-order valence-electron chi connectivity index (χ4n) is 1.59. The Morgan fingerprint density at radius 1 is 1.36 bits per heavy atom. The Labute approximate surface area is 89.3 Å². The van der Waals surface area contributed by atoms with E-state index in [2.05, 4.69) is 17.5 Å². The summed E-state index contributed by atoms with van der Waals surface area (Å²) in [6, 6.07) is 9.43. The zero-order valence-electron chi connectivity index (χ0n) is 7.89. The highest BCUT2D eigenvalue weighted by Gasteiger charge is 2.25. The second-order valence-corrected chi connectivity index (χ2v) is 4.37. The summed E-state index contributed by atoms with van der Waals surface area (Å²) >= 11 is 4.30. The number of hydrogen-bond acceptors (Lipinski definition) is 3. The molecular weight excluding hydrogens is 194 g/mol. The van der Waals surface area contributed by atoms with Crippen LogP contribution in [0.1, 0.15) is 10.4 Å². The van der Waals surface area contributed by atoms with Crippen LogP contribution >= 0.6 is 12.6 Å². The largest absolute Gasteiger partial charge is 0.294 e. The van der Waals surface area contributed by atoms with Crippen LogP contribution in [0.3, 0.4) is 0 Å². The van der Waals surface area contributed by atoms with Crippen molar-refractivity contribution in [1.29, 1.82) is 0 Å². The Hall–Kier alpha value is -0.800. The molecule has 1 fully saturated rings. The highest BCUT2D eigenvalue weighted by atomic mass is 32.1. The van der Waals surface area contributed by atoms with Gasteiger partial charge in [-0.3, -0.25) is 9.69 Å². The van der Waals surface area contributed by atoms with Crippen LogP contribution < -0.4 is 0 Å². The molecule has 2 nitrogen and oxygen atoms in total. The van der Waals surface area contributed by atoms with E-state index >= 15 is 0 Å². The fraction of sp³-hybridized carbons (Fsp3) is 0.364. The monoisotopic (exact) mass is 207 g/mol. The van der Waals surface area contributed by atoms with Crippen LogP contribution in [0.15, 0.2) is 30.3 Å². The minimum atomic E-state index is 0.200. The molecule has 0 saturated carbocycles. The van der Waals surface area contributed by atoms with Crippen LogP contribution in [-0.4, -0.2) is 35.6 Å². The highest BCUT2D eigenvalue weighted by molar-refractivity contribution is 7.81. The maximum Gasteiger partial charge on any atom is 0.176 e. The van der Waals surface area contributed by atoms with Crippen molar-refractivity contribution in [1.82, 2.24) is 4.90 Å². The SMILES string of the molecule is O=C(CN1CC(S)C1)c1ccccc1. The Balaban J connectivity index is 1.90. The lowest BCUT2D eigenvalue weighted by Gasteiger charge is -2.35. The number of thiol groups is 1. The van der Waals surface area contributed by atoms with Crippen molar-refractivity contribution in [3.63, 3.8) is 0 Å². The molecule has 74 valence electrons. The average molecular weight is 207 g/mol. The van der Waals surface area contributed by atoms with Gasteiger partial charge in [-0.05, 0) is 0 Å². The molecule has 1 aromatic carbocycles. The van der Waals surface area contributed by atoms with Gasteiger partial charge in [0.1, 0.15) is 0 Å². The normalized spacial score (nSPS) is 17.8. The van der Waals surface area contributed by atoms with E-state index in [-0.39, 0.29) is 5.78 Å². The molecule has 0 N–H and O–H groups in total. The average Bonchev–Trinajstić information content (AvgIpc) is 2.17. The molecule has 2 rings (SSSR count). The zero-order valence-corrected chi connectivity index (χ0v) is 8.78. The van der Waals surface area contributed by atoms with Gasteiger partial charge in [0.15, 0.2) is 5.78 Å². The van der Waals surface area contributed by atoms with Crippen LogP contribution in [0.2, 0.25) is 0 Å². The van der Waals surface area contributed by atoms with Gasteiger partial charge in [0, 0.05) is 23.9 Å². The molecule has 0 spiro atoms. The molecule has 0 bridgehead atoms. The van der Waals surface area contributed by atoms with Gasteiger partial charge in [0.2, 0.25) is 0 Å². The Kier molecular flexibility index (Phi) is 2.89. The maximum absolute atomic E-state index is 11.7. The predicted molar refractivity (Wildman–Crippen MR) is 60.0 cm³/mol. The van der Waals surface area contributed by atoms with Gasteiger partial charge in [-0.15, -0.1) is 0 Å². The highest BCUT2D eigenvalue weighted by Crippen LogP contribution is 2.13. The summed E-state index contributed by atoms with van der Waals surface area (Å²) < 4.78 is 0. The van der Waals surface area contributed by atoms with E-state index < -0.39 is 0 Å². The van der Waals surface area contributed by atoms with Crippen molar-refractivity contribution >= 4 is 18.4 Å². The van der Waals surface area contributed by atoms with Crippen molar-refractivity contribution in [2.45, 2.75) is 5.25 Å². The first-order valence-corrected chi connectivity index (χ1v) is 5.26. The molecule has 0 unspecified atom stereocenters. The van der Waals surface area contributed by atoms with Gasteiger partial charge < -0.3 is 0 Å². The third kappa shape index (κ3) is 2.16. The van der Waals surface area contributed by atoms with E-state index in [4.69, 9.17) is 0 Å². The summed E-state index contributed by atoms with van der Waals surface area (Å²) in [5.41, 5.74) is 0.801. The van der Waals surface area contributed by atoms with Crippen molar-refractivity contribution in [2.75, 3.05) is 19.6 Å². The van der Waals surface area contributed by atoms with Crippen LogP contribution in [0.4, 0.5) is 0 Å². The summed E-state index contributed by atoms with van der Waals surface area (Å²) in [6.45, 7) is 2.39. The van der Waals surface area contributed by atoms with E-state index in [0.717, 1.165) is 18.7 Å². The van der Waals surface area contributed by atoms with Crippen LogP contribution in [-0.2, 0) is 0 Å². The lowest BCUT2D eigenvalue weighted by atomic mass is 10.1. The van der Waals surface area contributed by atoms with Crippen LogP contribution in [0.25, 0.3) is 0 Å². The van der Waals surface area contributed by atoms with Gasteiger partial charge in [-0.2, -0.15) is 12.6 Å². The second-order valence-electron chi connectivity index (χ2n) is 3.64. The first-order chi connectivity index (χ1) is 6.75. The second kappa shape index (κ2) is 4.15. The molecule has 3 heteroatoms. The lowest BCUT2D eigenvalue weighted by molar-refractivity contribution is 0.0884. The van der Waals surface area contributed by atoms with Gasteiger partial charge in [-0.1, -0.05) is 30.3 Å². The third-order valence-electron chi connectivity index (χ3n) is 2.40. The van der Waals surface area contributed by atoms with E-state index in [1.807, 2.05) is 30.3 Å². The van der Waals surface area contributed by atoms with Gasteiger partial charge >= 0.3 is 0 Å². The van der Waals surface area contributed by atoms with Crippen LogP contribution in [0.5, 0.6) is 0 Å². The fourth-order valence-corrected chi connectivity index (χ4v) is 2.05. The Bertz CT molecular complexity index is 319. The number of nitrogens with zero attached hydrogens (tertiary/aromatic N) is 1. The lowest BCUT2D eigenvalue weighted by Crippen LogP contribution is -2.49. The third-order valence-corrected chi connectivity index (χ3v) is 2.73. The smallest absolute Gasteiger partial charge is 0.176 e. The summed E-state index contributed by atoms with van der Waals surface area (Å²) in [6.07, 6.45) is 0. The summed E-state index contributed by atoms with van der Waals surface area (Å²) in [5.74, 6) is 0.200. The van der Waals surface area contributed by atoms with Gasteiger partial charge in [0.05, 0.1) is 6.54 Å². The standard InChI is InChI=1S/C11H13NOS/c13-11(8-12-6-10(14)7-12)9-4-2-1-3-5-9/h1-5,10,14H,6-8H2. The number of Topliss-reactive ketones (excluding diaryl/α,β-unsaturated/α-hetero) is 1. The molecule has 0 radical (unpaired) electrons. The quantitative estimate of drug-likeness (QED) is 0.598. The topological polar surface area (TPSA) is 20.3 Å². The van der Waals surface area contributed by atoms with E-state index in [0.29, 0.717) is 11.8 Å². The molecule has 1 aromatic rings. The number of likely N-dealkylation sites (tertiary alicyclic amines) is 1. The minimum absolute atomic E-state index is 0.200. The van der Waals surface area contributed by atoms with Crippen LogP contribution in [0, 0.1) is 0 Å². The molecule has 1 aliphatic heterocycles. The molecule has 14 heavy (non-hydrogen) atoms. The van der Waals surface area contributed by atoms with Crippen molar-refractivity contribution < 1.29 is 4.79 Å². The molecule has 0 aliphatic carbocycles. The number of carbonyl (C=O) groups is 1. The van der Waals surface area contributed by atoms with Gasteiger partial charge in [-0.25, -0.2) is 0 Å². The first-order valence-electron chi connectivity index (χ1n) is 4.74. The molecule has 1 aliphatic rings.